The van der Waals surface area contributed by atoms with Crippen LogP contribution in [-0.4, -0.2) is 54.3 Å². The van der Waals surface area contributed by atoms with Gasteiger partial charge in [0.05, 0.1) is 37.5 Å². The lowest BCUT2D eigenvalue weighted by molar-refractivity contribution is -0.124. The van der Waals surface area contributed by atoms with Crippen LogP contribution in [0, 0.1) is 11.6 Å². The normalized spacial score (nSPS) is 20.6. The third-order valence-corrected chi connectivity index (χ3v) is 10.8. The van der Waals surface area contributed by atoms with Crippen LogP contribution in [0.25, 0.3) is 0 Å². The molecular formula is C38H43F2N5O6S. The highest BCUT2D eigenvalue weighted by Gasteiger charge is 2.31. The molecule has 0 radical (unpaired) electrons. The van der Waals surface area contributed by atoms with Gasteiger partial charge in [-0.1, -0.05) is 86.3 Å². The lowest BCUT2D eigenvalue weighted by atomic mass is 9.92. The Balaban J connectivity index is 1.19. The van der Waals surface area contributed by atoms with Gasteiger partial charge < -0.3 is 20.1 Å². The van der Waals surface area contributed by atoms with Gasteiger partial charge in [0, 0.05) is 12.1 Å². The van der Waals surface area contributed by atoms with E-state index in [1.807, 2.05) is 60.7 Å². The SMILES string of the molecule is O=C(Cn1nc(NS(=O)(=O)c2ccc(F)cc2F)cc1C(=O)N[C@H]1CCCC[C@@H]1OCc1ccccc1)N[C@H]1CCCC[C@@H]1OCc1ccccc1. The minimum absolute atomic E-state index is 0.0830. The fourth-order valence-electron chi connectivity index (χ4n) is 6.76. The summed E-state index contributed by atoms with van der Waals surface area (Å²) >= 11 is 0. The minimum Gasteiger partial charge on any atom is -0.371 e. The second kappa shape index (κ2) is 17.2. The first-order valence-electron chi connectivity index (χ1n) is 17.6. The first-order valence-corrected chi connectivity index (χ1v) is 19.1. The van der Waals surface area contributed by atoms with Crippen molar-refractivity contribution in [3.8, 4) is 0 Å². The molecule has 0 bridgehead atoms. The summed E-state index contributed by atoms with van der Waals surface area (Å²) in [5, 5.41) is 10.3. The smallest absolute Gasteiger partial charge is 0.269 e. The first kappa shape index (κ1) is 37.1. The van der Waals surface area contributed by atoms with Gasteiger partial charge >= 0.3 is 0 Å². The van der Waals surface area contributed by atoms with E-state index >= 15 is 0 Å². The van der Waals surface area contributed by atoms with Gasteiger partial charge in [-0.25, -0.2) is 21.9 Å². The predicted molar refractivity (Wildman–Crippen MR) is 190 cm³/mol. The number of benzene rings is 3. The van der Waals surface area contributed by atoms with Crippen molar-refractivity contribution in [3.63, 3.8) is 0 Å². The van der Waals surface area contributed by atoms with Gasteiger partial charge in [-0.15, -0.1) is 0 Å². The number of aromatic nitrogens is 2. The zero-order valence-corrected chi connectivity index (χ0v) is 29.5. The van der Waals surface area contributed by atoms with E-state index in [9.17, 15) is 26.8 Å². The number of rotatable bonds is 14. The maximum absolute atomic E-state index is 14.5. The van der Waals surface area contributed by atoms with Gasteiger partial charge in [0.15, 0.2) is 5.82 Å². The van der Waals surface area contributed by atoms with Crippen LogP contribution in [-0.2, 0) is 44.1 Å². The van der Waals surface area contributed by atoms with E-state index in [2.05, 4.69) is 20.5 Å². The zero-order chi connectivity index (χ0) is 36.5. The van der Waals surface area contributed by atoms with Crippen LogP contribution in [0.3, 0.4) is 0 Å². The van der Waals surface area contributed by atoms with Crippen molar-refractivity contribution in [2.75, 3.05) is 4.72 Å². The van der Waals surface area contributed by atoms with Crippen LogP contribution in [0.15, 0.2) is 89.8 Å². The third-order valence-electron chi connectivity index (χ3n) is 9.41. The third kappa shape index (κ3) is 9.81. The van der Waals surface area contributed by atoms with Gasteiger partial charge in [-0.2, -0.15) is 5.10 Å². The Morgan fingerprint density at radius 3 is 1.88 bits per heavy atom. The number of amides is 2. The van der Waals surface area contributed by atoms with Crippen LogP contribution in [0.2, 0.25) is 0 Å². The molecule has 14 heteroatoms. The molecule has 11 nitrogen and oxygen atoms in total. The van der Waals surface area contributed by atoms with Crippen molar-refractivity contribution in [3.05, 3.63) is 113 Å². The molecule has 2 saturated carbocycles. The molecule has 4 atom stereocenters. The van der Waals surface area contributed by atoms with E-state index in [-0.39, 0.29) is 35.8 Å². The van der Waals surface area contributed by atoms with Gasteiger partial charge in [-0.3, -0.25) is 14.3 Å². The summed E-state index contributed by atoms with van der Waals surface area (Å²) in [6.07, 6.45) is 6.08. The highest BCUT2D eigenvalue weighted by atomic mass is 32.2. The first-order chi connectivity index (χ1) is 25.1. The molecule has 4 aromatic rings. The van der Waals surface area contributed by atoms with E-state index in [0.29, 0.717) is 32.1 Å². The van der Waals surface area contributed by atoms with Gasteiger partial charge in [-0.05, 0) is 48.9 Å². The number of carbonyl (C=O) groups is 2. The van der Waals surface area contributed by atoms with Crippen LogP contribution in [0.1, 0.15) is 73.0 Å². The van der Waals surface area contributed by atoms with Crippen molar-refractivity contribution in [2.45, 2.75) is 100 Å². The molecule has 276 valence electrons. The molecule has 0 saturated heterocycles. The van der Waals surface area contributed by atoms with E-state index < -0.39 is 44.9 Å². The van der Waals surface area contributed by atoms with Crippen LogP contribution in [0.5, 0.6) is 0 Å². The predicted octanol–water partition coefficient (Wildman–Crippen LogP) is 5.86. The van der Waals surface area contributed by atoms with E-state index in [0.717, 1.165) is 66.5 Å². The number of hydrogen-bond acceptors (Lipinski definition) is 7. The summed E-state index contributed by atoms with van der Waals surface area (Å²) < 4.78 is 70.0. The molecule has 1 aromatic heterocycles. The molecule has 3 aromatic carbocycles. The summed E-state index contributed by atoms with van der Waals surface area (Å²) in [5.74, 6) is -3.58. The molecule has 3 N–H and O–H groups in total. The van der Waals surface area contributed by atoms with Crippen molar-refractivity contribution in [2.24, 2.45) is 0 Å². The summed E-state index contributed by atoms with van der Waals surface area (Å²) in [6.45, 7) is 0.367. The monoisotopic (exact) mass is 735 g/mol. The van der Waals surface area contributed by atoms with Gasteiger partial charge in [0.25, 0.3) is 15.9 Å². The zero-order valence-electron chi connectivity index (χ0n) is 28.7. The number of nitrogens with zero attached hydrogens (tertiary/aromatic N) is 2. The highest BCUT2D eigenvalue weighted by molar-refractivity contribution is 7.92. The summed E-state index contributed by atoms with van der Waals surface area (Å²) in [5.41, 5.74) is 1.94. The molecule has 2 aliphatic rings. The van der Waals surface area contributed by atoms with E-state index in [1.165, 1.54) is 6.07 Å². The molecule has 52 heavy (non-hydrogen) atoms. The maximum Gasteiger partial charge on any atom is 0.269 e. The van der Waals surface area contributed by atoms with Crippen LogP contribution < -0.4 is 15.4 Å². The lowest BCUT2D eigenvalue weighted by Crippen LogP contribution is -2.48. The molecule has 1 heterocycles. The molecule has 2 fully saturated rings. The average molecular weight is 736 g/mol. The molecule has 0 spiro atoms. The fraction of sp³-hybridized carbons (Fsp3) is 0.395. The number of ether oxygens (including phenoxy) is 2. The Morgan fingerprint density at radius 1 is 0.750 bits per heavy atom. The molecule has 2 aliphatic carbocycles. The van der Waals surface area contributed by atoms with E-state index in [4.69, 9.17) is 9.47 Å². The topological polar surface area (TPSA) is 141 Å². The van der Waals surface area contributed by atoms with Gasteiger partial charge in [0.2, 0.25) is 5.91 Å². The highest BCUT2D eigenvalue weighted by Crippen LogP contribution is 2.25. The number of carbonyl (C=O) groups excluding carboxylic acids is 2. The number of sulfonamides is 1. The molecule has 2 amide bonds. The number of nitrogens with one attached hydrogen (secondary N) is 3. The molecule has 6 rings (SSSR count). The van der Waals surface area contributed by atoms with Crippen molar-refractivity contribution >= 4 is 27.7 Å². The summed E-state index contributed by atoms with van der Waals surface area (Å²) in [6, 6.07) is 22.1. The van der Waals surface area contributed by atoms with Crippen molar-refractivity contribution in [1.82, 2.24) is 20.4 Å². The standard InChI is InChI=1S/C38H43F2N5O6S/c39-28-19-20-35(29(40)21-28)52(48,49)44-36-22-32(38(47)42-31-16-8-10-18-34(31)51-25-27-13-5-2-6-14-27)45(43-36)23-37(46)41-30-15-7-9-17-33(30)50-24-26-11-3-1-4-12-26/h1-6,11-14,19-22,30-31,33-34H,7-10,15-18,23-25H2,(H,41,46)(H,42,47)(H,43,44)/t30-,31-,33-,34-/m0/s1. The summed E-state index contributed by atoms with van der Waals surface area (Å²) in [7, 11) is -4.58. The fourth-order valence-corrected chi connectivity index (χ4v) is 7.81. The Labute approximate surface area is 302 Å². The number of anilines is 1. The summed E-state index contributed by atoms with van der Waals surface area (Å²) in [4.78, 5) is 26.6. The minimum atomic E-state index is -4.58. The largest absolute Gasteiger partial charge is 0.371 e. The second-order valence-electron chi connectivity index (χ2n) is 13.2. The number of hydrogen-bond donors (Lipinski definition) is 3. The van der Waals surface area contributed by atoms with Crippen LogP contribution >= 0.6 is 0 Å². The number of halogens is 2. The quantitative estimate of drug-likeness (QED) is 0.147. The van der Waals surface area contributed by atoms with Crippen molar-refractivity contribution < 1.29 is 36.3 Å². The molecule has 0 aliphatic heterocycles. The Kier molecular flexibility index (Phi) is 12.3. The molecular weight excluding hydrogens is 693 g/mol. The Hall–Kier alpha value is -4.66. The average Bonchev–Trinajstić information content (AvgIpc) is 3.52. The lowest BCUT2D eigenvalue weighted by Gasteiger charge is -2.32. The Bertz CT molecular complexity index is 1930. The Morgan fingerprint density at radius 2 is 1.31 bits per heavy atom. The maximum atomic E-state index is 14.5. The van der Waals surface area contributed by atoms with Crippen LogP contribution in [0.4, 0.5) is 14.6 Å². The van der Waals surface area contributed by atoms with Gasteiger partial charge in [0.1, 0.15) is 28.8 Å². The van der Waals surface area contributed by atoms with Crippen molar-refractivity contribution in [1.29, 1.82) is 0 Å². The van der Waals surface area contributed by atoms with E-state index in [1.54, 1.807) is 0 Å². The molecule has 0 unspecified atom stereocenters. The second-order valence-corrected chi connectivity index (χ2v) is 14.9.